The summed E-state index contributed by atoms with van der Waals surface area (Å²) < 4.78 is 0. The van der Waals surface area contributed by atoms with Gasteiger partial charge in [-0.15, -0.1) is 0 Å². The minimum Gasteiger partial charge on any atom is -0.481 e. The fourth-order valence-corrected chi connectivity index (χ4v) is 0.749. The average Bonchev–Trinajstić information content (AvgIpc) is 2.35. The smallest absolute Gasteiger partial charge is 0.331 e. The van der Waals surface area contributed by atoms with Crippen LogP contribution in [0.1, 0.15) is 27.7 Å². The van der Waals surface area contributed by atoms with Crippen molar-refractivity contribution >= 4 is 23.9 Å². The standard InChI is InChI=1S/C6H10O4.C6H8O4.H2O/c2*1-3(5(7)8)4(2)6(9)10;/h3-4H,1-2H3,(H,7,8)(H,9,10);1-2H3,(H,7,8)(H,9,10);1H2/b;4-3-;/t3-,4+;;. The second-order valence-corrected chi connectivity index (χ2v) is 4.11. The van der Waals surface area contributed by atoms with E-state index < -0.39 is 35.7 Å². The van der Waals surface area contributed by atoms with Crippen molar-refractivity contribution in [3.05, 3.63) is 11.1 Å². The summed E-state index contributed by atoms with van der Waals surface area (Å²) in [5, 5.41) is 33.2. The van der Waals surface area contributed by atoms with Crippen LogP contribution in [-0.4, -0.2) is 49.8 Å². The van der Waals surface area contributed by atoms with Crippen LogP contribution in [0.25, 0.3) is 0 Å². The third kappa shape index (κ3) is 9.16. The molecule has 0 unspecified atom stereocenters. The largest absolute Gasteiger partial charge is 0.481 e. The van der Waals surface area contributed by atoms with E-state index in [9.17, 15) is 19.2 Å². The van der Waals surface area contributed by atoms with E-state index in [2.05, 4.69) is 0 Å². The molecule has 0 aromatic carbocycles. The average molecular weight is 308 g/mol. The topological polar surface area (TPSA) is 181 Å². The molecular weight excluding hydrogens is 288 g/mol. The van der Waals surface area contributed by atoms with Gasteiger partial charge in [-0.1, -0.05) is 13.8 Å². The van der Waals surface area contributed by atoms with Gasteiger partial charge in [-0.25, -0.2) is 9.59 Å². The molecule has 2 atom stereocenters. The minimum atomic E-state index is -1.19. The molecule has 0 rings (SSSR count). The van der Waals surface area contributed by atoms with Crippen LogP contribution in [0.15, 0.2) is 11.1 Å². The van der Waals surface area contributed by atoms with Crippen molar-refractivity contribution in [1.82, 2.24) is 0 Å². The van der Waals surface area contributed by atoms with Crippen LogP contribution in [0, 0.1) is 11.8 Å². The number of hydrogen-bond donors (Lipinski definition) is 4. The van der Waals surface area contributed by atoms with E-state index in [1.54, 1.807) is 0 Å². The summed E-state index contributed by atoms with van der Waals surface area (Å²) in [7, 11) is 0. The highest BCUT2D eigenvalue weighted by molar-refractivity contribution is 5.97. The zero-order valence-electron chi connectivity index (χ0n) is 12.1. The Morgan fingerprint density at radius 1 is 0.667 bits per heavy atom. The molecule has 0 amide bonds. The Balaban J connectivity index is -0.000000295. The molecule has 0 aliphatic heterocycles. The SMILES string of the molecule is C/C(C(=O)O)=C(\C)C(=O)O.C[C@H](C(=O)O)[C@@H](C)C(=O)O.O. The summed E-state index contributed by atoms with van der Waals surface area (Å²) in [5.74, 6) is -6.18. The Bertz CT molecular complexity index is 396. The first-order valence-corrected chi connectivity index (χ1v) is 5.53. The Kier molecular flexibility index (Phi) is 11.7. The van der Waals surface area contributed by atoms with Gasteiger partial charge < -0.3 is 25.9 Å². The number of carboxylic acids is 4. The van der Waals surface area contributed by atoms with Crippen molar-refractivity contribution in [3.8, 4) is 0 Å². The Hall–Kier alpha value is -2.42. The molecule has 0 aromatic heterocycles. The molecule has 0 aromatic rings. The number of carboxylic acid groups (broad SMARTS) is 4. The third-order valence-corrected chi connectivity index (χ3v) is 2.73. The summed E-state index contributed by atoms with van der Waals surface area (Å²) >= 11 is 0. The van der Waals surface area contributed by atoms with Crippen molar-refractivity contribution in [2.45, 2.75) is 27.7 Å². The van der Waals surface area contributed by atoms with Crippen LogP contribution in [0.4, 0.5) is 0 Å². The van der Waals surface area contributed by atoms with Gasteiger partial charge in [-0.2, -0.15) is 0 Å². The van der Waals surface area contributed by atoms with Crippen molar-refractivity contribution in [2.75, 3.05) is 0 Å². The monoisotopic (exact) mass is 308 g/mol. The van der Waals surface area contributed by atoms with Gasteiger partial charge in [0.25, 0.3) is 0 Å². The molecule has 0 saturated carbocycles. The van der Waals surface area contributed by atoms with Crippen molar-refractivity contribution in [2.24, 2.45) is 11.8 Å². The van der Waals surface area contributed by atoms with E-state index >= 15 is 0 Å². The Labute approximate surface area is 120 Å². The fraction of sp³-hybridized carbons (Fsp3) is 0.500. The summed E-state index contributed by atoms with van der Waals surface area (Å²) in [6, 6.07) is 0. The van der Waals surface area contributed by atoms with Crippen molar-refractivity contribution in [1.29, 1.82) is 0 Å². The van der Waals surface area contributed by atoms with Crippen LogP contribution in [0.2, 0.25) is 0 Å². The molecular formula is C12H20O9. The van der Waals surface area contributed by atoms with E-state index in [0.29, 0.717) is 0 Å². The Morgan fingerprint density at radius 2 is 0.857 bits per heavy atom. The van der Waals surface area contributed by atoms with Gasteiger partial charge in [-0.3, -0.25) is 9.59 Å². The van der Waals surface area contributed by atoms with Gasteiger partial charge in [0, 0.05) is 11.1 Å². The third-order valence-electron chi connectivity index (χ3n) is 2.73. The molecule has 9 heteroatoms. The van der Waals surface area contributed by atoms with Crippen LogP contribution < -0.4 is 0 Å². The highest BCUT2D eigenvalue weighted by Crippen LogP contribution is 2.10. The number of carbonyl (C=O) groups is 4. The molecule has 21 heavy (non-hydrogen) atoms. The predicted octanol–water partition coefficient (Wildman–Crippen LogP) is 0.0951. The molecule has 6 N–H and O–H groups in total. The Morgan fingerprint density at radius 3 is 0.952 bits per heavy atom. The summed E-state index contributed by atoms with van der Waals surface area (Å²) in [4.78, 5) is 40.6. The molecule has 0 saturated heterocycles. The molecule has 122 valence electrons. The summed E-state index contributed by atoms with van der Waals surface area (Å²) in [5.41, 5.74) is -0.264. The first-order valence-electron chi connectivity index (χ1n) is 5.53. The van der Waals surface area contributed by atoms with Gasteiger partial charge in [0.15, 0.2) is 0 Å². The van der Waals surface area contributed by atoms with E-state index in [1.165, 1.54) is 27.7 Å². The first kappa shape index (κ1) is 23.7. The number of aliphatic carboxylic acids is 4. The quantitative estimate of drug-likeness (QED) is 0.515. The molecule has 9 nitrogen and oxygen atoms in total. The maximum absolute atomic E-state index is 10.2. The molecule has 0 bridgehead atoms. The lowest BCUT2D eigenvalue weighted by atomic mass is 9.97. The minimum absolute atomic E-state index is 0. The van der Waals surface area contributed by atoms with Gasteiger partial charge in [-0.05, 0) is 13.8 Å². The molecule has 0 aliphatic carbocycles. The zero-order chi connectivity index (χ0) is 16.6. The normalized spacial score (nSPS) is 13.3. The van der Waals surface area contributed by atoms with E-state index in [4.69, 9.17) is 20.4 Å². The van der Waals surface area contributed by atoms with E-state index in [0.717, 1.165) is 0 Å². The fourth-order valence-electron chi connectivity index (χ4n) is 0.749. The second kappa shape index (κ2) is 10.4. The highest BCUT2D eigenvalue weighted by Gasteiger charge is 2.24. The van der Waals surface area contributed by atoms with Gasteiger partial charge in [0.2, 0.25) is 0 Å². The predicted molar refractivity (Wildman–Crippen MR) is 70.9 cm³/mol. The summed E-state index contributed by atoms with van der Waals surface area (Å²) in [6.07, 6.45) is 0. The maximum Gasteiger partial charge on any atom is 0.331 e. The lowest BCUT2D eigenvalue weighted by Gasteiger charge is -2.09. The van der Waals surface area contributed by atoms with Gasteiger partial charge in [0.1, 0.15) is 0 Å². The van der Waals surface area contributed by atoms with Crippen molar-refractivity contribution in [3.63, 3.8) is 0 Å². The van der Waals surface area contributed by atoms with Gasteiger partial charge in [0.05, 0.1) is 11.8 Å². The highest BCUT2D eigenvalue weighted by atomic mass is 16.4. The molecule has 0 heterocycles. The first-order chi connectivity index (χ1) is 8.93. The van der Waals surface area contributed by atoms with E-state index in [-0.39, 0.29) is 16.6 Å². The molecule has 0 aliphatic rings. The lowest BCUT2D eigenvalue weighted by Crippen LogP contribution is -2.24. The zero-order valence-corrected chi connectivity index (χ0v) is 12.1. The van der Waals surface area contributed by atoms with Crippen LogP contribution in [-0.2, 0) is 19.2 Å². The number of rotatable bonds is 5. The van der Waals surface area contributed by atoms with Crippen LogP contribution in [0.3, 0.4) is 0 Å². The molecule has 0 fully saturated rings. The molecule has 0 radical (unpaired) electrons. The van der Waals surface area contributed by atoms with Crippen molar-refractivity contribution < 1.29 is 45.1 Å². The van der Waals surface area contributed by atoms with Gasteiger partial charge >= 0.3 is 23.9 Å². The lowest BCUT2D eigenvalue weighted by molar-refractivity contribution is -0.152. The maximum atomic E-state index is 10.2. The van der Waals surface area contributed by atoms with Crippen LogP contribution in [0.5, 0.6) is 0 Å². The molecule has 0 spiro atoms. The summed E-state index contributed by atoms with van der Waals surface area (Å²) in [6.45, 7) is 5.26. The van der Waals surface area contributed by atoms with E-state index in [1.807, 2.05) is 0 Å². The van der Waals surface area contributed by atoms with Crippen LogP contribution >= 0.6 is 0 Å². The number of hydrogen-bond acceptors (Lipinski definition) is 4. The second-order valence-electron chi connectivity index (χ2n) is 4.11.